The minimum Gasteiger partial charge on any atom is -0.377 e. The summed E-state index contributed by atoms with van der Waals surface area (Å²) in [6.45, 7) is 5.71. The summed E-state index contributed by atoms with van der Waals surface area (Å²) in [5.74, 6) is 0. The van der Waals surface area contributed by atoms with E-state index in [1.807, 2.05) is 0 Å². The van der Waals surface area contributed by atoms with Gasteiger partial charge in [0, 0.05) is 41.0 Å². The number of hydrogen-bond acceptors (Lipinski definition) is 4. The molecule has 17 heavy (non-hydrogen) atoms. The van der Waals surface area contributed by atoms with E-state index in [0.29, 0.717) is 18.7 Å². The Morgan fingerprint density at radius 2 is 2.53 bits per heavy atom. The third-order valence-electron chi connectivity index (χ3n) is 3.06. The highest BCUT2D eigenvalue weighted by atomic mass is 79.9. The molecule has 1 aliphatic heterocycles. The van der Waals surface area contributed by atoms with Gasteiger partial charge >= 0.3 is 0 Å². The maximum atomic E-state index is 5.95. The lowest BCUT2D eigenvalue weighted by Crippen LogP contribution is -2.37. The lowest BCUT2D eigenvalue weighted by molar-refractivity contribution is 0.0614. The number of halogens is 1. The van der Waals surface area contributed by atoms with E-state index in [1.165, 1.54) is 4.88 Å². The van der Waals surface area contributed by atoms with Gasteiger partial charge in [0.15, 0.2) is 0 Å². The molecule has 5 heteroatoms. The molecule has 0 amide bonds. The summed E-state index contributed by atoms with van der Waals surface area (Å²) in [5, 5.41) is 2.12. The van der Waals surface area contributed by atoms with Gasteiger partial charge in [0.1, 0.15) is 0 Å². The van der Waals surface area contributed by atoms with Gasteiger partial charge in [0.05, 0.1) is 12.1 Å². The molecule has 3 nitrogen and oxygen atoms in total. The van der Waals surface area contributed by atoms with Gasteiger partial charge in [0.2, 0.25) is 0 Å². The summed E-state index contributed by atoms with van der Waals surface area (Å²) in [6.07, 6.45) is 1.39. The lowest BCUT2D eigenvalue weighted by atomic mass is 10.2. The third kappa shape index (κ3) is 3.51. The Morgan fingerprint density at radius 1 is 1.71 bits per heavy atom. The second kappa shape index (κ2) is 6.29. The first-order chi connectivity index (χ1) is 8.20. The van der Waals surface area contributed by atoms with Crippen molar-refractivity contribution in [3.63, 3.8) is 0 Å². The van der Waals surface area contributed by atoms with Crippen LogP contribution in [0.5, 0.6) is 0 Å². The molecule has 0 saturated carbocycles. The minimum atomic E-state index is 0.301. The van der Waals surface area contributed by atoms with Crippen LogP contribution in [-0.2, 0) is 4.74 Å². The zero-order valence-electron chi connectivity index (χ0n) is 10.1. The zero-order valence-corrected chi connectivity index (χ0v) is 12.5. The zero-order chi connectivity index (χ0) is 12.3. The predicted molar refractivity (Wildman–Crippen MR) is 75.4 cm³/mol. The molecule has 0 radical (unpaired) electrons. The van der Waals surface area contributed by atoms with E-state index in [9.17, 15) is 0 Å². The number of hydrogen-bond donors (Lipinski definition) is 1. The van der Waals surface area contributed by atoms with Crippen LogP contribution in [0.15, 0.2) is 15.9 Å². The SMILES string of the molecule is CC1CN(C(CN)c2cc(Br)cs2)CCCO1. The monoisotopic (exact) mass is 318 g/mol. The molecule has 1 saturated heterocycles. The molecule has 1 aromatic rings. The minimum absolute atomic E-state index is 0.301. The molecule has 2 rings (SSSR count). The molecule has 96 valence electrons. The molecule has 1 aromatic heterocycles. The Morgan fingerprint density at radius 3 is 3.18 bits per heavy atom. The highest BCUT2D eigenvalue weighted by molar-refractivity contribution is 9.10. The number of ether oxygens (including phenoxy) is 1. The molecule has 2 unspecified atom stereocenters. The quantitative estimate of drug-likeness (QED) is 0.931. The average molecular weight is 319 g/mol. The molecule has 2 atom stereocenters. The largest absolute Gasteiger partial charge is 0.377 e. The first kappa shape index (κ1) is 13.5. The maximum absolute atomic E-state index is 5.95. The van der Waals surface area contributed by atoms with Gasteiger partial charge in [-0.15, -0.1) is 11.3 Å². The molecular formula is C12H19BrN2OS. The first-order valence-electron chi connectivity index (χ1n) is 6.00. The van der Waals surface area contributed by atoms with E-state index in [-0.39, 0.29) is 0 Å². The Balaban J connectivity index is 2.11. The molecule has 2 heterocycles. The van der Waals surface area contributed by atoms with Crippen molar-refractivity contribution < 1.29 is 4.74 Å². The fourth-order valence-electron chi connectivity index (χ4n) is 2.26. The molecule has 2 N–H and O–H groups in total. The molecule has 0 aliphatic carbocycles. The van der Waals surface area contributed by atoms with Gasteiger partial charge in [-0.2, -0.15) is 0 Å². The van der Waals surface area contributed by atoms with Gasteiger partial charge in [0.25, 0.3) is 0 Å². The van der Waals surface area contributed by atoms with Crippen molar-refractivity contribution in [2.75, 3.05) is 26.2 Å². The van der Waals surface area contributed by atoms with Crippen molar-refractivity contribution in [3.8, 4) is 0 Å². The topological polar surface area (TPSA) is 38.5 Å². The van der Waals surface area contributed by atoms with Gasteiger partial charge in [-0.3, -0.25) is 4.90 Å². The smallest absolute Gasteiger partial charge is 0.0674 e. The number of thiophene rings is 1. The summed E-state index contributed by atoms with van der Waals surface area (Å²) in [4.78, 5) is 3.80. The van der Waals surface area contributed by atoms with Crippen LogP contribution in [0.1, 0.15) is 24.3 Å². The highest BCUT2D eigenvalue weighted by Crippen LogP contribution is 2.29. The molecule has 1 aliphatic rings. The van der Waals surface area contributed by atoms with Gasteiger partial charge in [-0.25, -0.2) is 0 Å². The molecule has 0 spiro atoms. The van der Waals surface area contributed by atoms with E-state index in [0.717, 1.165) is 30.6 Å². The first-order valence-corrected chi connectivity index (χ1v) is 7.67. The Bertz CT molecular complexity index is 358. The van der Waals surface area contributed by atoms with E-state index in [2.05, 4.69) is 39.2 Å². The normalized spacial score (nSPS) is 24.5. The molecular weight excluding hydrogens is 300 g/mol. The van der Waals surface area contributed by atoms with Crippen LogP contribution in [0.2, 0.25) is 0 Å². The van der Waals surface area contributed by atoms with Crippen molar-refractivity contribution in [1.29, 1.82) is 0 Å². The number of nitrogens with two attached hydrogens (primary N) is 1. The van der Waals surface area contributed by atoms with E-state index in [4.69, 9.17) is 10.5 Å². The van der Waals surface area contributed by atoms with Gasteiger partial charge in [-0.05, 0) is 35.3 Å². The molecule has 0 aromatic carbocycles. The van der Waals surface area contributed by atoms with Crippen LogP contribution in [-0.4, -0.2) is 37.2 Å². The average Bonchev–Trinajstić information content (AvgIpc) is 2.59. The second-order valence-electron chi connectivity index (χ2n) is 4.45. The summed E-state index contributed by atoms with van der Waals surface area (Å²) in [7, 11) is 0. The number of rotatable bonds is 3. The Labute approximate surface area is 115 Å². The van der Waals surface area contributed by atoms with E-state index >= 15 is 0 Å². The van der Waals surface area contributed by atoms with Gasteiger partial charge < -0.3 is 10.5 Å². The fraction of sp³-hybridized carbons (Fsp3) is 0.667. The van der Waals surface area contributed by atoms with Crippen molar-refractivity contribution in [1.82, 2.24) is 4.90 Å². The van der Waals surface area contributed by atoms with Gasteiger partial charge in [-0.1, -0.05) is 0 Å². The highest BCUT2D eigenvalue weighted by Gasteiger charge is 2.24. The van der Waals surface area contributed by atoms with Crippen molar-refractivity contribution >= 4 is 27.3 Å². The van der Waals surface area contributed by atoms with Crippen LogP contribution in [0, 0.1) is 0 Å². The Hall–Kier alpha value is 0.0600. The maximum Gasteiger partial charge on any atom is 0.0674 e. The number of nitrogens with zero attached hydrogens (tertiary/aromatic N) is 1. The molecule has 1 fully saturated rings. The third-order valence-corrected chi connectivity index (χ3v) is 4.86. The van der Waals surface area contributed by atoms with E-state index in [1.54, 1.807) is 11.3 Å². The standard InChI is InChI=1S/C12H19BrN2OS/c1-9-7-15(3-2-4-16-9)11(6-14)12-5-10(13)8-17-12/h5,8-9,11H,2-4,6-7,14H2,1H3. The fourth-order valence-corrected chi connectivity index (χ4v) is 3.85. The Kier molecular flexibility index (Phi) is 4.99. The summed E-state index contributed by atoms with van der Waals surface area (Å²) in [6, 6.07) is 2.51. The van der Waals surface area contributed by atoms with Crippen LogP contribution in [0.3, 0.4) is 0 Å². The molecule has 0 bridgehead atoms. The lowest BCUT2D eigenvalue weighted by Gasteiger charge is -2.29. The summed E-state index contributed by atoms with van der Waals surface area (Å²) < 4.78 is 6.83. The van der Waals surface area contributed by atoms with Crippen LogP contribution < -0.4 is 5.73 Å². The van der Waals surface area contributed by atoms with E-state index < -0.39 is 0 Å². The van der Waals surface area contributed by atoms with Crippen LogP contribution in [0.25, 0.3) is 0 Å². The van der Waals surface area contributed by atoms with Crippen LogP contribution >= 0.6 is 27.3 Å². The predicted octanol–water partition coefficient (Wildman–Crippen LogP) is 2.62. The van der Waals surface area contributed by atoms with Crippen LogP contribution in [0.4, 0.5) is 0 Å². The summed E-state index contributed by atoms with van der Waals surface area (Å²) >= 11 is 5.28. The summed E-state index contributed by atoms with van der Waals surface area (Å²) in [5.41, 5.74) is 5.95. The van der Waals surface area contributed by atoms with Crippen molar-refractivity contribution in [3.05, 3.63) is 20.8 Å². The second-order valence-corrected chi connectivity index (χ2v) is 6.31. The van der Waals surface area contributed by atoms with Crippen molar-refractivity contribution in [2.45, 2.75) is 25.5 Å². The van der Waals surface area contributed by atoms with Crippen molar-refractivity contribution in [2.24, 2.45) is 5.73 Å².